The van der Waals surface area contributed by atoms with Gasteiger partial charge in [0.25, 0.3) is 0 Å². The van der Waals surface area contributed by atoms with E-state index < -0.39 is 25.1 Å². The van der Waals surface area contributed by atoms with Crippen LogP contribution in [0.25, 0.3) is 0 Å². The molecule has 100 valence electrons. The zero-order valence-corrected chi connectivity index (χ0v) is 12.9. The van der Waals surface area contributed by atoms with Gasteiger partial charge in [-0.3, -0.25) is 0 Å². The predicted octanol–water partition coefficient (Wildman–Crippen LogP) is 1.87. The van der Waals surface area contributed by atoms with Crippen LogP contribution in [-0.2, 0) is 19.3 Å². The van der Waals surface area contributed by atoms with Crippen LogP contribution in [-0.4, -0.2) is 42.2 Å². The first-order valence-corrected chi connectivity index (χ1v) is 8.37. The Morgan fingerprint density at radius 3 is 1.94 bits per heavy atom. The Balaban J connectivity index is 2.23. The Bertz CT molecular complexity index is 401. The van der Waals surface area contributed by atoms with Crippen molar-refractivity contribution in [3.8, 4) is 0 Å². The van der Waals surface area contributed by atoms with Gasteiger partial charge in [-0.25, -0.2) is 8.42 Å². The second-order valence-corrected chi connectivity index (χ2v) is 9.17. The summed E-state index contributed by atoms with van der Waals surface area (Å²) in [6.45, 7) is 5.74. The molecule has 1 aliphatic carbocycles. The van der Waals surface area contributed by atoms with E-state index in [1.807, 2.05) is 0 Å². The first-order valence-electron chi connectivity index (χ1n) is 5.76. The molecule has 0 amide bonds. The minimum atomic E-state index is -3.25. The van der Waals surface area contributed by atoms with Gasteiger partial charge in [-0.1, -0.05) is 15.9 Å². The highest BCUT2D eigenvalue weighted by Crippen LogP contribution is 2.50. The summed E-state index contributed by atoms with van der Waals surface area (Å²) in [5.41, 5.74) is 0. The monoisotopic (exact) mass is 326 g/mol. The third kappa shape index (κ3) is 2.07. The van der Waals surface area contributed by atoms with Crippen LogP contribution < -0.4 is 0 Å². The number of rotatable bonds is 3. The molecule has 1 saturated carbocycles. The summed E-state index contributed by atoms with van der Waals surface area (Å²) in [7, 11) is -3.25. The summed E-state index contributed by atoms with van der Waals surface area (Å²) in [6, 6.07) is 0. The molecule has 0 aromatic rings. The Morgan fingerprint density at radius 1 is 1.12 bits per heavy atom. The molecule has 0 aromatic carbocycles. The van der Waals surface area contributed by atoms with Crippen LogP contribution in [0.3, 0.4) is 0 Å². The van der Waals surface area contributed by atoms with Crippen molar-refractivity contribution in [1.82, 2.24) is 0 Å². The summed E-state index contributed by atoms with van der Waals surface area (Å²) in [6.07, 6.45) is 1.47. The van der Waals surface area contributed by atoms with E-state index in [-0.39, 0.29) is 13.2 Å². The Labute approximate surface area is 111 Å². The average Bonchev–Trinajstić information content (AvgIpc) is 3.03. The van der Waals surface area contributed by atoms with Gasteiger partial charge in [0.05, 0.1) is 18.0 Å². The highest BCUT2D eigenvalue weighted by molar-refractivity contribution is 9.09. The van der Waals surface area contributed by atoms with Crippen molar-refractivity contribution in [1.29, 1.82) is 0 Å². The minimum absolute atomic E-state index is 0.205. The largest absolute Gasteiger partial charge is 0.349 e. The van der Waals surface area contributed by atoms with E-state index in [0.717, 1.165) is 12.8 Å². The number of hydrogen-bond acceptors (Lipinski definition) is 4. The number of alkyl halides is 1. The highest BCUT2D eigenvalue weighted by Gasteiger charge is 2.62. The van der Waals surface area contributed by atoms with Crippen LogP contribution in [0.5, 0.6) is 0 Å². The fourth-order valence-corrected chi connectivity index (χ4v) is 5.75. The maximum Gasteiger partial charge on any atom is 0.166 e. The number of hydrogen-bond donors (Lipinski definition) is 0. The van der Waals surface area contributed by atoms with Crippen LogP contribution in [0.15, 0.2) is 0 Å². The number of sulfone groups is 1. The summed E-state index contributed by atoms with van der Waals surface area (Å²) in [4.78, 5) is 0. The van der Waals surface area contributed by atoms with Crippen LogP contribution in [0.2, 0.25) is 0 Å². The van der Waals surface area contributed by atoms with Gasteiger partial charge in [0.2, 0.25) is 0 Å². The van der Waals surface area contributed by atoms with E-state index in [0.29, 0.717) is 5.33 Å². The summed E-state index contributed by atoms with van der Waals surface area (Å²) >= 11 is 3.32. The van der Waals surface area contributed by atoms with Crippen molar-refractivity contribution in [3.63, 3.8) is 0 Å². The van der Waals surface area contributed by atoms with Crippen molar-refractivity contribution in [3.05, 3.63) is 0 Å². The standard InChI is InChI=1S/C11H19BrO4S/c1-9(2)15-7-10(3,8-16-9)17(13,14)11(6-12)4-5-11/h4-8H2,1-3H3. The molecule has 2 rings (SSSR count). The molecule has 0 N–H and O–H groups in total. The van der Waals surface area contributed by atoms with Crippen LogP contribution in [0.4, 0.5) is 0 Å². The lowest BCUT2D eigenvalue weighted by Crippen LogP contribution is -2.57. The Hall–Kier alpha value is 0.350. The predicted molar refractivity (Wildman–Crippen MR) is 69.1 cm³/mol. The van der Waals surface area contributed by atoms with Gasteiger partial charge in [0.1, 0.15) is 4.75 Å². The van der Waals surface area contributed by atoms with Gasteiger partial charge in [-0.2, -0.15) is 0 Å². The van der Waals surface area contributed by atoms with Crippen molar-refractivity contribution in [2.24, 2.45) is 0 Å². The van der Waals surface area contributed by atoms with Crippen LogP contribution in [0, 0.1) is 0 Å². The Kier molecular flexibility index (Phi) is 3.18. The fourth-order valence-electron chi connectivity index (χ4n) is 2.03. The van der Waals surface area contributed by atoms with Gasteiger partial charge in [0, 0.05) is 5.33 Å². The van der Waals surface area contributed by atoms with E-state index in [2.05, 4.69) is 15.9 Å². The summed E-state index contributed by atoms with van der Waals surface area (Å²) in [5, 5.41) is 0.501. The van der Waals surface area contributed by atoms with Crippen molar-refractivity contribution >= 4 is 25.8 Å². The lowest BCUT2D eigenvalue weighted by atomic mass is 10.1. The molecule has 2 aliphatic rings. The number of halogens is 1. The molecule has 0 spiro atoms. The van der Waals surface area contributed by atoms with Gasteiger partial charge < -0.3 is 9.47 Å². The molecule has 0 aromatic heterocycles. The molecule has 2 fully saturated rings. The van der Waals surface area contributed by atoms with Gasteiger partial charge >= 0.3 is 0 Å². The number of ether oxygens (including phenoxy) is 2. The molecular weight excluding hydrogens is 308 g/mol. The van der Waals surface area contributed by atoms with Gasteiger partial charge in [0.15, 0.2) is 15.6 Å². The molecule has 1 aliphatic heterocycles. The smallest absolute Gasteiger partial charge is 0.166 e. The second kappa shape index (κ2) is 3.92. The van der Waals surface area contributed by atoms with Crippen LogP contribution in [0.1, 0.15) is 33.6 Å². The SMILES string of the molecule is CC1(C)OCC(C)(S(=O)(=O)C2(CBr)CC2)CO1. The second-order valence-electron chi connectivity index (χ2n) is 5.75. The van der Waals surface area contributed by atoms with E-state index >= 15 is 0 Å². The van der Waals surface area contributed by atoms with E-state index in [1.165, 1.54) is 0 Å². The molecule has 0 unspecified atom stereocenters. The van der Waals surface area contributed by atoms with Gasteiger partial charge in [-0.15, -0.1) is 0 Å². The first kappa shape index (κ1) is 13.8. The Morgan fingerprint density at radius 2 is 1.59 bits per heavy atom. The normalized spacial score (nSPS) is 29.9. The fraction of sp³-hybridized carbons (Fsp3) is 1.00. The zero-order chi connectivity index (χ0) is 12.9. The molecule has 6 heteroatoms. The zero-order valence-electron chi connectivity index (χ0n) is 10.5. The van der Waals surface area contributed by atoms with E-state index in [4.69, 9.17) is 9.47 Å². The van der Waals surface area contributed by atoms with Crippen LogP contribution >= 0.6 is 15.9 Å². The lowest BCUT2D eigenvalue weighted by Gasteiger charge is -2.42. The molecule has 1 saturated heterocycles. The highest BCUT2D eigenvalue weighted by atomic mass is 79.9. The summed E-state index contributed by atoms with van der Waals surface area (Å²) < 4.78 is 34.8. The molecule has 0 radical (unpaired) electrons. The van der Waals surface area contributed by atoms with Crippen molar-refractivity contribution in [2.75, 3.05) is 18.5 Å². The van der Waals surface area contributed by atoms with Crippen molar-refractivity contribution in [2.45, 2.75) is 48.9 Å². The quantitative estimate of drug-likeness (QED) is 0.743. The third-order valence-corrected chi connectivity index (χ3v) is 8.39. The molecule has 0 bridgehead atoms. The molecule has 17 heavy (non-hydrogen) atoms. The average molecular weight is 327 g/mol. The first-order chi connectivity index (χ1) is 7.68. The van der Waals surface area contributed by atoms with E-state index in [1.54, 1.807) is 20.8 Å². The maximum atomic E-state index is 12.6. The maximum absolute atomic E-state index is 12.6. The summed E-state index contributed by atoms with van der Waals surface area (Å²) in [5.74, 6) is -0.680. The topological polar surface area (TPSA) is 52.6 Å². The molecule has 0 atom stereocenters. The van der Waals surface area contributed by atoms with Crippen molar-refractivity contribution < 1.29 is 17.9 Å². The lowest BCUT2D eigenvalue weighted by molar-refractivity contribution is -0.254. The van der Waals surface area contributed by atoms with Gasteiger partial charge in [-0.05, 0) is 33.6 Å². The minimum Gasteiger partial charge on any atom is -0.349 e. The van der Waals surface area contributed by atoms with E-state index in [9.17, 15) is 8.42 Å². The molecule has 1 heterocycles. The third-order valence-electron chi connectivity index (χ3n) is 3.72. The molecule has 4 nitrogen and oxygen atoms in total. The molecular formula is C11H19BrO4S.